The lowest BCUT2D eigenvalue weighted by Crippen LogP contribution is -2.04. The Balaban J connectivity index is 2.50. The number of hydrogen-bond acceptors (Lipinski definition) is 3. The number of carboxylic acids is 1. The molecular formula is C12H10FIN2O3. The van der Waals surface area contributed by atoms with Crippen molar-refractivity contribution in [1.29, 1.82) is 0 Å². The Morgan fingerprint density at radius 3 is 2.79 bits per heavy atom. The summed E-state index contributed by atoms with van der Waals surface area (Å²) < 4.78 is 15.0. The van der Waals surface area contributed by atoms with E-state index in [0.29, 0.717) is 14.8 Å². The Morgan fingerprint density at radius 2 is 2.21 bits per heavy atom. The zero-order valence-electron chi connectivity index (χ0n) is 9.68. The molecule has 0 atom stereocenters. The fourth-order valence-corrected chi connectivity index (χ4v) is 2.41. The van der Waals surface area contributed by atoms with Gasteiger partial charge < -0.3 is 10.2 Å². The van der Waals surface area contributed by atoms with E-state index in [1.807, 2.05) is 22.6 Å². The number of aliphatic hydroxyl groups is 1. The Bertz CT molecular complexity index is 627. The van der Waals surface area contributed by atoms with Crippen molar-refractivity contribution in [2.75, 3.05) is 6.61 Å². The van der Waals surface area contributed by atoms with Gasteiger partial charge in [-0.05, 0) is 47.2 Å². The largest absolute Gasteiger partial charge is 0.476 e. The van der Waals surface area contributed by atoms with Crippen LogP contribution in [0, 0.1) is 9.39 Å². The third-order valence-corrected chi connectivity index (χ3v) is 3.39. The van der Waals surface area contributed by atoms with Crippen LogP contribution in [-0.2, 0) is 6.42 Å². The average Bonchev–Trinajstić information content (AvgIpc) is 2.73. The second kappa shape index (κ2) is 5.66. The Hall–Kier alpha value is -1.48. The minimum Gasteiger partial charge on any atom is -0.476 e. The van der Waals surface area contributed by atoms with E-state index < -0.39 is 5.97 Å². The van der Waals surface area contributed by atoms with Crippen LogP contribution < -0.4 is 0 Å². The molecule has 0 radical (unpaired) electrons. The van der Waals surface area contributed by atoms with E-state index in [1.165, 1.54) is 29.1 Å². The van der Waals surface area contributed by atoms with Crippen LogP contribution in [0.5, 0.6) is 0 Å². The monoisotopic (exact) mass is 376 g/mol. The molecule has 0 aliphatic rings. The summed E-state index contributed by atoms with van der Waals surface area (Å²) in [5, 5.41) is 21.9. The molecule has 0 saturated carbocycles. The van der Waals surface area contributed by atoms with Crippen molar-refractivity contribution in [1.82, 2.24) is 9.78 Å². The molecule has 2 rings (SSSR count). The number of benzene rings is 1. The summed E-state index contributed by atoms with van der Waals surface area (Å²) in [6, 6.07) is 4.15. The minimum absolute atomic E-state index is 0.103. The number of aromatic nitrogens is 2. The summed E-state index contributed by atoms with van der Waals surface area (Å²) in [5.74, 6) is -1.52. The maximum absolute atomic E-state index is 13.0. The van der Waals surface area contributed by atoms with Gasteiger partial charge in [-0.25, -0.2) is 13.9 Å². The van der Waals surface area contributed by atoms with E-state index in [-0.39, 0.29) is 24.5 Å². The van der Waals surface area contributed by atoms with Gasteiger partial charge in [-0.1, -0.05) is 0 Å². The summed E-state index contributed by atoms with van der Waals surface area (Å²) >= 11 is 1.95. The van der Waals surface area contributed by atoms with Crippen molar-refractivity contribution in [2.24, 2.45) is 0 Å². The van der Waals surface area contributed by atoms with Crippen LogP contribution in [0.15, 0.2) is 24.4 Å². The molecule has 0 bridgehead atoms. The predicted molar refractivity (Wildman–Crippen MR) is 74.0 cm³/mol. The predicted octanol–water partition coefficient (Wildman–Crippen LogP) is 1.85. The van der Waals surface area contributed by atoms with Gasteiger partial charge in [0.15, 0.2) is 5.69 Å². The van der Waals surface area contributed by atoms with E-state index in [0.717, 1.165) is 0 Å². The lowest BCUT2D eigenvalue weighted by atomic mass is 10.2. The molecule has 1 aromatic carbocycles. The van der Waals surface area contributed by atoms with Gasteiger partial charge in [0, 0.05) is 21.9 Å². The van der Waals surface area contributed by atoms with E-state index in [4.69, 9.17) is 10.2 Å². The summed E-state index contributed by atoms with van der Waals surface area (Å²) in [6.45, 7) is -0.160. The first-order valence-electron chi connectivity index (χ1n) is 5.41. The van der Waals surface area contributed by atoms with Gasteiger partial charge in [0.05, 0.1) is 5.69 Å². The Kier molecular flexibility index (Phi) is 4.15. The molecule has 0 fully saturated rings. The number of carbonyl (C=O) groups is 1. The maximum atomic E-state index is 13.0. The molecule has 0 spiro atoms. The van der Waals surface area contributed by atoms with Crippen molar-refractivity contribution >= 4 is 28.6 Å². The van der Waals surface area contributed by atoms with Crippen molar-refractivity contribution < 1.29 is 19.4 Å². The number of carboxylic acid groups (broad SMARTS) is 1. The minimum atomic E-state index is -1.15. The molecular weight excluding hydrogens is 366 g/mol. The summed E-state index contributed by atoms with van der Waals surface area (Å²) in [7, 11) is 0. The quantitative estimate of drug-likeness (QED) is 0.799. The number of halogens is 2. The topological polar surface area (TPSA) is 75.3 Å². The average molecular weight is 376 g/mol. The van der Waals surface area contributed by atoms with Crippen LogP contribution in [-0.4, -0.2) is 32.6 Å². The highest BCUT2D eigenvalue weighted by Crippen LogP contribution is 2.20. The second-order valence-corrected chi connectivity index (χ2v) is 4.98. The molecule has 1 heterocycles. The van der Waals surface area contributed by atoms with E-state index >= 15 is 0 Å². The number of aromatic carboxylic acids is 1. The van der Waals surface area contributed by atoms with Crippen molar-refractivity contribution in [3.8, 4) is 5.69 Å². The van der Waals surface area contributed by atoms with Crippen LogP contribution in [0.3, 0.4) is 0 Å². The lowest BCUT2D eigenvalue weighted by molar-refractivity contribution is 0.0688. The fourth-order valence-electron chi connectivity index (χ4n) is 1.68. The zero-order chi connectivity index (χ0) is 14.0. The van der Waals surface area contributed by atoms with Crippen molar-refractivity contribution in [3.05, 3.63) is 45.0 Å². The van der Waals surface area contributed by atoms with Gasteiger partial charge >= 0.3 is 5.97 Å². The zero-order valence-corrected chi connectivity index (χ0v) is 11.8. The van der Waals surface area contributed by atoms with Gasteiger partial charge in [0.1, 0.15) is 5.82 Å². The standard InChI is InChI=1S/C12H10FIN2O3/c13-8-1-2-10(9(14)5-8)16-6-7(3-4-17)11(15-16)12(18)19/h1-2,5-6,17H,3-4H2,(H,18,19). The first-order valence-corrected chi connectivity index (χ1v) is 6.49. The van der Waals surface area contributed by atoms with Gasteiger partial charge in [-0.15, -0.1) is 0 Å². The van der Waals surface area contributed by atoms with Crippen LogP contribution in [0.1, 0.15) is 16.1 Å². The fraction of sp³-hybridized carbons (Fsp3) is 0.167. The molecule has 19 heavy (non-hydrogen) atoms. The number of nitrogens with zero attached hydrogens (tertiary/aromatic N) is 2. The summed E-state index contributed by atoms with van der Waals surface area (Å²) in [4.78, 5) is 11.1. The first-order chi connectivity index (χ1) is 9.02. The van der Waals surface area contributed by atoms with Gasteiger partial charge in [-0.2, -0.15) is 5.10 Å². The maximum Gasteiger partial charge on any atom is 0.356 e. The number of aliphatic hydroxyl groups excluding tert-OH is 1. The first kappa shape index (κ1) is 13.9. The molecule has 5 nitrogen and oxygen atoms in total. The van der Waals surface area contributed by atoms with Gasteiger partial charge in [0.2, 0.25) is 0 Å². The Morgan fingerprint density at radius 1 is 1.47 bits per heavy atom. The molecule has 0 saturated heterocycles. The second-order valence-electron chi connectivity index (χ2n) is 3.82. The van der Waals surface area contributed by atoms with Crippen LogP contribution >= 0.6 is 22.6 Å². The molecule has 100 valence electrons. The number of hydrogen-bond donors (Lipinski definition) is 2. The van der Waals surface area contributed by atoms with Crippen molar-refractivity contribution in [3.63, 3.8) is 0 Å². The van der Waals surface area contributed by atoms with E-state index in [9.17, 15) is 9.18 Å². The van der Waals surface area contributed by atoms with E-state index in [1.54, 1.807) is 0 Å². The van der Waals surface area contributed by atoms with Crippen LogP contribution in [0.2, 0.25) is 0 Å². The van der Waals surface area contributed by atoms with Crippen LogP contribution in [0.25, 0.3) is 5.69 Å². The highest BCUT2D eigenvalue weighted by atomic mass is 127. The normalized spacial score (nSPS) is 10.7. The molecule has 0 aliphatic carbocycles. The van der Waals surface area contributed by atoms with Crippen LogP contribution in [0.4, 0.5) is 4.39 Å². The summed E-state index contributed by atoms with van der Waals surface area (Å²) in [5.41, 5.74) is 0.929. The molecule has 2 N–H and O–H groups in total. The Labute approximate surface area is 121 Å². The highest BCUT2D eigenvalue weighted by Gasteiger charge is 2.17. The summed E-state index contributed by atoms with van der Waals surface area (Å²) in [6.07, 6.45) is 1.74. The smallest absolute Gasteiger partial charge is 0.356 e. The van der Waals surface area contributed by atoms with Gasteiger partial charge in [-0.3, -0.25) is 0 Å². The highest BCUT2D eigenvalue weighted by molar-refractivity contribution is 14.1. The van der Waals surface area contributed by atoms with Gasteiger partial charge in [0.25, 0.3) is 0 Å². The van der Waals surface area contributed by atoms with E-state index in [2.05, 4.69) is 5.10 Å². The molecule has 1 aromatic heterocycles. The lowest BCUT2D eigenvalue weighted by Gasteiger charge is -2.03. The molecule has 7 heteroatoms. The molecule has 2 aromatic rings. The third kappa shape index (κ3) is 2.92. The third-order valence-electron chi connectivity index (χ3n) is 2.53. The molecule has 0 unspecified atom stereocenters. The molecule has 0 amide bonds. The SMILES string of the molecule is O=C(O)c1nn(-c2ccc(F)cc2I)cc1CCO. The van der Waals surface area contributed by atoms with Crippen molar-refractivity contribution in [2.45, 2.75) is 6.42 Å². The molecule has 0 aliphatic heterocycles. The number of rotatable bonds is 4.